The first-order valence-corrected chi connectivity index (χ1v) is 13.7. The number of hydrogen-bond donors (Lipinski definition) is 1. The number of thiocarbonyl (C=S) groups is 1. The van der Waals surface area contributed by atoms with Gasteiger partial charge in [0, 0.05) is 0 Å². The summed E-state index contributed by atoms with van der Waals surface area (Å²) in [6, 6.07) is 15.3. The fraction of sp³-hybridized carbons (Fsp3) is 0.333. The van der Waals surface area contributed by atoms with Crippen LogP contribution in [0, 0.1) is 0 Å². The van der Waals surface area contributed by atoms with Crippen LogP contribution in [0.15, 0.2) is 64.4 Å². The normalized spacial score (nSPS) is 15.4. The van der Waals surface area contributed by atoms with Gasteiger partial charge < -0.3 is 4.74 Å². The Kier molecular flexibility index (Phi) is 9.49. The number of unbranched alkanes of at least 4 members (excludes halogenated alkanes) is 5. The number of nitrogens with one attached hydrogen (secondary N) is 1. The summed E-state index contributed by atoms with van der Waals surface area (Å²) in [6.07, 6.45) is 8.96. The quantitative estimate of drug-likeness (QED) is 0.233. The van der Waals surface area contributed by atoms with Crippen LogP contribution in [-0.2, 0) is 14.8 Å². The Balaban J connectivity index is 1.55. The molecule has 176 valence electrons. The average Bonchev–Trinajstić information content (AvgIpc) is 3.07. The zero-order valence-corrected chi connectivity index (χ0v) is 21.0. The number of thioether (sulfide) groups is 1. The lowest BCUT2D eigenvalue weighted by Gasteiger charge is -2.15. The first-order valence-electron chi connectivity index (χ1n) is 11.0. The predicted octanol–water partition coefficient (Wildman–Crippen LogP) is 5.52. The fourth-order valence-corrected chi connectivity index (χ4v) is 5.53. The minimum absolute atomic E-state index is 0.0552. The van der Waals surface area contributed by atoms with E-state index in [2.05, 4.69) is 11.8 Å². The van der Waals surface area contributed by atoms with Crippen LogP contribution in [0.1, 0.15) is 51.0 Å². The molecule has 0 spiro atoms. The molecule has 3 rings (SSSR count). The van der Waals surface area contributed by atoms with E-state index in [0.29, 0.717) is 11.5 Å². The number of ether oxygens (including phenoxy) is 1. The molecule has 1 N–H and O–H groups in total. The molecule has 0 aromatic heterocycles. The van der Waals surface area contributed by atoms with E-state index in [0.717, 1.165) is 34.5 Å². The van der Waals surface area contributed by atoms with Gasteiger partial charge in [0.1, 0.15) is 5.75 Å². The summed E-state index contributed by atoms with van der Waals surface area (Å²) in [4.78, 5) is 15.4. The minimum Gasteiger partial charge on any atom is -0.494 e. The molecule has 2 aromatic carbocycles. The van der Waals surface area contributed by atoms with Crippen LogP contribution in [-0.4, -0.2) is 30.3 Å². The third kappa shape index (κ3) is 7.40. The van der Waals surface area contributed by atoms with E-state index in [1.165, 1.54) is 44.2 Å². The molecule has 1 aliphatic heterocycles. The van der Waals surface area contributed by atoms with Gasteiger partial charge in [0.15, 0.2) is 4.32 Å². The molecule has 9 heteroatoms. The van der Waals surface area contributed by atoms with Crippen molar-refractivity contribution >= 4 is 50.3 Å². The summed E-state index contributed by atoms with van der Waals surface area (Å²) < 4.78 is 31.0. The highest BCUT2D eigenvalue weighted by atomic mass is 32.2. The number of carbonyl (C=O) groups excluding carboxylic acids is 1. The molecule has 0 radical (unpaired) electrons. The molecule has 0 saturated carbocycles. The third-order valence-electron chi connectivity index (χ3n) is 5.00. The fourth-order valence-electron chi connectivity index (χ4n) is 3.20. The highest BCUT2D eigenvalue weighted by Crippen LogP contribution is 2.32. The Labute approximate surface area is 205 Å². The number of sulfonamides is 1. The molecule has 0 atom stereocenters. The van der Waals surface area contributed by atoms with Crippen LogP contribution in [0.3, 0.4) is 0 Å². The van der Waals surface area contributed by atoms with Gasteiger partial charge in [-0.1, -0.05) is 93.3 Å². The monoisotopic (exact) mass is 504 g/mol. The Bertz CT molecular complexity index is 1080. The van der Waals surface area contributed by atoms with Crippen molar-refractivity contribution in [3.8, 4) is 5.75 Å². The van der Waals surface area contributed by atoms with Gasteiger partial charge in [0.2, 0.25) is 0 Å². The Morgan fingerprint density at radius 1 is 1.00 bits per heavy atom. The van der Waals surface area contributed by atoms with Crippen molar-refractivity contribution in [1.82, 2.24) is 9.84 Å². The molecule has 1 amide bonds. The first kappa shape index (κ1) is 25.4. The van der Waals surface area contributed by atoms with Crippen LogP contribution < -0.4 is 9.57 Å². The number of carbonyl (C=O) groups is 1. The van der Waals surface area contributed by atoms with Crippen molar-refractivity contribution < 1.29 is 17.9 Å². The Morgan fingerprint density at radius 2 is 1.67 bits per heavy atom. The van der Waals surface area contributed by atoms with Crippen LogP contribution in [0.25, 0.3) is 6.08 Å². The second kappa shape index (κ2) is 12.3. The second-order valence-corrected chi connectivity index (χ2v) is 10.9. The van der Waals surface area contributed by atoms with Crippen LogP contribution >= 0.6 is 24.0 Å². The largest absolute Gasteiger partial charge is 0.494 e. The van der Waals surface area contributed by atoms with Crippen molar-refractivity contribution in [2.45, 2.75) is 50.3 Å². The summed E-state index contributed by atoms with van der Waals surface area (Å²) in [5.41, 5.74) is 0.799. The van der Waals surface area contributed by atoms with Gasteiger partial charge in [-0.2, -0.15) is 0 Å². The van der Waals surface area contributed by atoms with Crippen LogP contribution in [0.5, 0.6) is 5.75 Å². The number of hydrogen-bond acceptors (Lipinski definition) is 6. The lowest BCUT2D eigenvalue weighted by atomic mass is 10.1. The topological polar surface area (TPSA) is 75.7 Å². The Hall–Kier alpha value is -2.20. The maximum absolute atomic E-state index is 12.8. The van der Waals surface area contributed by atoms with Crippen molar-refractivity contribution in [2.24, 2.45) is 0 Å². The molecule has 0 bridgehead atoms. The molecule has 0 aliphatic carbocycles. The van der Waals surface area contributed by atoms with Gasteiger partial charge >= 0.3 is 0 Å². The molecule has 0 unspecified atom stereocenters. The summed E-state index contributed by atoms with van der Waals surface area (Å²) in [5, 5.41) is 0.895. The zero-order chi connectivity index (χ0) is 23.7. The van der Waals surface area contributed by atoms with Crippen LogP contribution in [0.4, 0.5) is 0 Å². The van der Waals surface area contributed by atoms with Gasteiger partial charge in [0.25, 0.3) is 15.9 Å². The number of rotatable bonds is 12. The molecule has 33 heavy (non-hydrogen) atoms. The van der Waals surface area contributed by atoms with E-state index in [4.69, 9.17) is 17.0 Å². The van der Waals surface area contributed by atoms with E-state index in [1.54, 1.807) is 24.3 Å². The zero-order valence-electron chi connectivity index (χ0n) is 18.5. The number of nitrogens with zero attached hydrogens (tertiary/aromatic N) is 1. The second-order valence-electron chi connectivity index (χ2n) is 7.61. The van der Waals surface area contributed by atoms with Gasteiger partial charge in [-0.05, 0) is 42.3 Å². The molecule has 1 saturated heterocycles. The van der Waals surface area contributed by atoms with E-state index in [9.17, 15) is 13.2 Å². The van der Waals surface area contributed by atoms with Crippen LogP contribution in [0.2, 0.25) is 0 Å². The van der Waals surface area contributed by atoms with E-state index in [1.807, 2.05) is 24.3 Å². The summed E-state index contributed by atoms with van der Waals surface area (Å²) in [6.45, 7) is 2.90. The molecule has 6 nitrogen and oxygen atoms in total. The number of benzene rings is 2. The predicted molar refractivity (Wildman–Crippen MR) is 137 cm³/mol. The SMILES string of the molecule is CCCCCCCCOc1ccc(C=C2SC(=S)N(NS(=O)(=O)c3ccccc3)C2=O)cc1. The average molecular weight is 505 g/mol. The summed E-state index contributed by atoms with van der Waals surface area (Å²) in [7, 11) is -3.92. The molecular weight excluding hydrogens is 476 g/mol. The van der Waals surface area contributed by atoms with Gasteiger partial charge in [-0.15, -0.1) is 4.83 Å². The van der Waals surface area contributed by atoms with Crippen molar-refractivity contribution in [3.05, 3.63) is 65.1 Å². The number of hydrazine groups is 1. The van der Waals surface area contributed by atoms with Crippen molar-refractivity contribution in [1.29, 1.82) is 0 Å². The standard InChI is InChI=1S/C24H28N2O4S3/c1-2-3-4-5-6-10-17-30-20-15-13-19(14-16-20)18-22-23(27)26(24(31)32-22)25-33(28,29)21-11-8-7-9-12-21/h7-9,11-16,18,25H,2-6,10,17H2,1H3. The minimum atomic E-state index is -3.92. The smallest absolute Gasteiger partial charge is 0.281 e. The van der Waals surface area contributed by atoms with Gasteiger partial charge in [-0.25, -0.2) is 13.4 Å². The van der Waals surface area contributed by atoms with Crippen molar-refractivity contribution in [2.75, 3.05) is 6.61 Å². The molecule has 1 aliphatic rings. The lowest BCUT2D eigenvalue weighted by molar-refractivity contribution is -0.123. The first-order chi connectivity index (χ1) is 15.9. The summed E-state index contributed by atoms with van der Waals surface area (Å²) >= 11 is 6.27. The van der Waals surface area contributed by atoms with Gasteiger partial charge in [-0.3, -0.25) is 4.79 Å². The highest BCUT2D eigenvalue weighted by molar-refractivity contribution is 8.26. The number of amides is 1. The van der Waals surface area contributed by atoms with E-state index >= 15 is 0 Å². The maximum atomic E-state index is 12.8. The van der Waals surface area contributed by atoms with Gasteiger partial charge in [0.05, 0.1) is 16.4 Å². The highest BCUT2D eigenvalue weighted by Gasteiger charge is 2.35. The molecule has 1 fully saturated rings. The molecule has 1 heterocycles. The molecular formula is C24H28N2O4S3. The van der Waals surface area contributed by atoms with E-state index in [-0.39, 0.29) is 9.22 Å². The maximum Gasteiger partial charge on any atom is 0.281 e. The molecule has 2 aromatic rings. The van der Waals surface area contributed by atoms with E-state index < -0.39 is 15.9 Å². The summed E-state index contributed by atoms with van der Waals surface area (Å²) in [5.74, 6) is 0.275. The third-order valence-corrected chi connectivity index (χ3v) is 7.62. The Morgan fingerprint density at radius 3 is 2.36 bits per heavy atom. The lowest BCUT2D eigenvalue weighted by Crippen LogP contribution is -2.44. The van der Waals surface area contributed by atoms with Crippen molar-refractivity contribution in [3.63, 3.8) is 0 Å².